The molecule has 0 heterocycles. The third-order valence-electron chi connectivity index (χ3n) is 3.35. The molecule has 2 rings (SSSR count). The number of rotatable bonds is 4. The zero-order valence-electron chi connectivity index (χ0n) is 11.8. The largest absolute Gasteiger partial charge is 0.351 e. The number of benzene rings is 2. The molecule has 0 aliphatic carbocycles. The third kappa shape index (κ3) is 3.71. The molecular weight excluding hydrogens is 272 g/mol. The summed E-state index contributed by atoms with van der Waals surface area (Å²) < 4.78 is 0. The van der Waals surface area contributed by atoms with Crippen molar-refractivity contribution in [3.8, 4) is 0 Å². The zero-order valence-corrected chi connectivity index (χ0v) is 12.6. The van der Waals surface area contributed by atoms with Crippen LogP contribution in [0.5, 0.6) is 0 Å². The lowest BCUT2D eigenvalue weighted by Gasteiger charge is -2.16. The Labute approximate surface area is 126 Å². The Morgan fingerprint density at radius 3 is 2.50 bits per heavy atom. The molecule has 0 spiro atoms. The van der Waals surface area contributed by atoms with Crippen molar-refractivity contribution < 1.29 is 4.79 Å². The summed E-state index contributed by atoms with van der Waals surface area (Å²) in [5.41, 5.74) is 6.94. The maximum Gasteiger partial charge on any atom is 0.237 e. The summed E-state index contributed by atoms with van der Waals surface area (Å²) in [6.45, 7) is 4.41. The van der Waals surface area contributed by atoms with E-state index < -0.39 is 6.04 Å². The van der Waals surface area contributed by atoms with Crippen LogP contribution >= 0.6 is 12.4 Å². The van der Waals surface area contributed by atoms with Crippen LogP contribution in [0.4, 0.5) is 0 Å². The van der Waals surface area contributed by atoms with E-state index in [4.69, 9.17) is 5.73 Å². The quantitative estimate of drug-likeness (QED) is 0.910. The van der Waals surface area contributed by atoms with Gasteiger partial charge >= 0.3 is 0 Å². The lowest BCUT2D eigenvalue weighted by molar-refractivity contribution is -0.123. The van der Waals surface area contributed by atoms with Crippen LogP contribution in [-0.4, -0.2) is 11.9 Å². The van der Waals surface area contributed by atoms with Gasteiger partial charge in [-0.1, -0.05) is 56.3 Å². The normalized spacial score (nSPS) is 12.0. The Balaban J connectivity index is 0.00000200. The predicted octanol–water partition coefficient (Wildman–Crippen LogP) is 2.86. The van der Waals surface area contributed by atoms with E-state index in [2.05, 4.69) is 23.5 Å². The molecule has 3 N–H and O–H groups in total. The lowest BCUT2D eigenvalue weighted by atomic mass is 10.0. The summed E-state index contributed by atoms with van der Waals surface area (Å²) in [6.07, 6.45) is 0. The molecule has 2 aromatic carbocycles. The molecule has 0 aromatic heterocycles. The zero-order chi connectivity index (χ0) is 13.8. The van der Waals surface area contributed by atoms with Crippen molar-refractivity contribution in [1.82, 2.24) is 5.32 Å². The van der Waals surface area contributed by atoms with Gasteiger partial charge in [-0.2, -0.15) is 0 Å². The molecule has 0 saturated heterocycles. The summed E-state index contributed by atoms with van der Waals surface area (Å²) in [7, 11) is 0. The number of hydrogen-bond acceptors (Lipinski definition) is 2. The standard InChI is InChI=1S/C16H20N2O.ClH/c1-11(2)15(17)16(19)18-10-13-8-5-7-12-6-3-4-9-14(12)13;/h3-9,11,15H,10,17H2,1-2H3,(H,18,19);1H. The molecule has 4 heteroatoms. The Hall–Kier alpha value is -1.58. The van der Waals surface area contributed by atoms with Gasteiger partial charge in [0.25, 0.3) is 0 Å². The van der Waals surface area contributed by atoms with Crippen molar-refractivity contribution in [2.45, 2.75) is 26.4 Å². The van der Waals surface area contributed by atoms with Crippen LogP contribution in [0.25, 0.3) is 10.8 Å². The molecule has 3 nitrogen and oxygen atoms in total. The molecule has 0 bridgehead atoms. The highest BCUT2D eigenvalue weighted by Crippen LogP contribution is 2.18. The number of halogens is 1. The van der Waals surface area contributed by atoms with E-state index in [9.17, 15) is 4.79 Å². The SMILES string of the molecule is CC(C)C(N)C(=O)NCc1cccc2ccccc12.Cl. The Kier molecular flexibility index (Phi) is 5.99. The first kappa shape index (κ1) is 16.5. The summed E-state index contributed by atoms with van der Waals surface area (Å²) in [5, 5.41) is 5.26. The summed E-state index contributed by atoms with van der Waals surface area (Å²) in [5.74, 6) is 0.0513. The molecule has 0 aliphatic heterocycles. The molecule has 0 saturated carbocycles. The van der Waals surface area contributed by atoms with Gasteiger partial charge in [-0.15, -0.1) is 12.4 Å². The first-order chi connectivity index (χ1) is 9.09. The minimum atomic E-state index is -0.449. The molecule has 20 heavy (non-hydrogen) atoms. The van der Waals surface area contributed by atoms with Crippen LogP contribution < -0.4 is 11.1 Å². The van der Waals surface area contributed by atoms with Crippen LogP contribution in [-0.2, 0) is 11.3 Å². The summed E-state index contributed by atoms with van der Waals surface area (Å²) in [4.78, 5) is 11.9. The van der Waals surface area contributed by atoms with E-state index >= 15 is 0 Å². The van der Waals surface area contributed by atoms with E-state index in [-0.39, 0.29) is 24.2 Å². The Bertz CT molecular complexity index is 578. The van der Waals surface area contributed by atoms with Gasteiger partial charge in [-0.05, 0) is 22.3 Å². The Morgan fingerprint density at radius 1 is 1.15 bits per heavy atom. The highest BCUT2D eigenvalue weighted by atomic mass is 35.5. The van der Waals surface area contributed by atoms with Crippen molar-refractivity contribution in [1.29, 1.82) is 0 Å². The Morgan fingerprint density at radius 2 is 1.80 bits per heavy atom. The molecule has 1 atom stereocenters. The predicted molar refractivity (Wildman–Crippen MR) is 85.9 cm³/mol. The second-order valence-corrected chi connectivity index (χ2v) is 5.13. The van der Waals surface area contributed by atoms with Crippen LogP contribution in [0, 0.1) is 5.92 Å². The molecule has 0 radical (unpaired) electrons. The molecule has 0 aliphatic rings. The number of amides is 1. The first-order valence-electron chi connectivity index (χ1n) is 6.59. The van der Waals surface area contributed by atoms with E-state index in [0.717, 1.165) is 5.56 Å². The molecule has 108 valence electrons. The summed E-state index contributed by atoms with van der Waals surface area (Å²) in [6, 6.07) is 13.8. The molecular formula is C16H21ClN2O. The number of nitrogens with two attached hydrogens (primary N) is 1. The van der Waals surface area contributed by atoms with Gasteiger partial charge in [0.15, 0.2) is 0 Å². The van der Waals surface area contributed by atoms with Crippen molar-refractivity contribution in [2.24, 2.45) is 11.7 Å². The highest BCUT2D eigenvalue weighted by Gasteiger charge is 2.16. The van der Waals surface area contributed by atoms with Crippen LogP contribution in [0.3, 0.4) is 0 Å². The molecule has 1 unspecified atom stereocenters. The van der Waals surface area contributed by atoms with Gasteiger partial charge in [0.05, 0.1) is 6.04 Å². The fraction of sp³-hybridized carbons (Fsp3) is 0.312. The van der Waals surface area contributed by atoms with E-state index in [1.54, 1.807) is 0 Å². The fourth-order valence-corrected chi connectivity index (χ4v) is 2.05. The second kappa shape index (κ2) is 7.27. The van der Waals surface area contributed by atoms with Crippen molar-refractivity contribution >= 4 is 29.1 Å². The number of hydrogen-bond donors (Lipinski definition) is 2. The number of carbonyl (C=O) groups is 1. The first-order valence-corrected chi connectivity index (χ1v) is 6.59. The van der Waals surface area contributed by atoms with E-state index in [1.807, 2.05) is 38.1 Å². The monoisotopic (exact) mass is 292 g/mol. The van der Waals surface area contributed by atoms with Gasteiger partial charge in [0, 0.05) is 6.54 Å². The van der Waals surface area contributed by atoms with Gasteiger partial charge in [-0.3, -0.25) is 4.79 Å². The van der Waals surface area contributed by atoms with Gasteiger partial charge < -0.3 is 11.1 Å². The van der Waals surface area contributed by atoms with Gasteiger partial charge in [-0.25, -0.2) is 0 Å². The average Bonchev–Trinajstić information content (AvgIpc) is 2.43. The maximum atomic E-state index is 11.9. The van der Waals surface area contributed by atoms with Crippen molar-refractivity contribution in [3.05, 3.63) is 48.0 Å². The fourth-order valence-electron chi connectivity index (χ4n) is 2.05. The second-order valence-electron chi connectivity index (χ2n) is 5.13. The van der Waals surface area contributed by atoms with Crippen LogP contribution in [0.2, 0.25) is 0 Å². The molecule has 0 fully saturated rings. The third-order valence-corrected chi connectivity index (χ3v) is 3.35. The number of nitrogens with one attached hydrogen (secondary N) is 1. The number of fused-ring (bicyclic) bond motifs is 1. The van der Waals surface area contributed by atoms with Crippen LogP contribution in [0.1, 0.15) is 19.4 Å². The summed E-state index contributed by atoms with van der Waals surface area (Å²) >= 11 is 0. The number of carbonyl (C=O) groups excluding carboxylic acids is 1. The van der Waals surface area contributed by atoms with Crippen molar-refractivity contribution in [3.63, 3.8) is 0 Å². The van der Waals surface area contributed by atoms with Gasteiger partial charge in [0.1, 0.15) is 0 Å². The van der Waals surface area contributed by atoms with E-state index in [1.165, 1.54) is 10.8 Å². The minimum absolute atomic E-state index is 0. The van der Waals surface area contributed by atoms with Gasteiger partial charge in [0.2, 0.25) is 5.91 Å². The topological polar surface area (TPSA) is 55.1 Å². The maximum absolute atomic E-state index is 11.9. The molecule has 1 amide bonds. The van der Waals surface area contributed by atoms with Crippen LogP contribution in [0.15, 0.2) is 42.5 Å². The average molecular weight is 293 g/mol. The highest BCUT2D eigenvalue weighted by molar-refractivity contribution is 5.87. The smallest absolute Gasteiger partial charge is 0.237 e. The van der Waals surface area contributed by atoms with Crippen molar-refractivity contribution in [2.75, 3.05) is 0 Å². The lowest BCUT2D eigenvalue weighted by Crippen LogP contribution is -2.43. The minimum Gasteiger partial charge on any atom is -0.351 e. The molecule has 2 aromatic rings. The van der Waals surface area contributed by atoms with E-state index in [0.29, 0.717) is 6.54 Å².